The largest absolute Gasteiger partial charge is 0.493 e. The van der Waals surface area contributed by atoms with E-state index >= 15 is 0 Å². The summed E-state index contributed by atoms with van der Waals surface area (Å²) in [6, 6.07) is 9.05. The van der Waals surface area contributed by atoms with Gasteiger partial charge in [-0.25, -0.2) is 4.98 Å². The van der Waals surface area contributed by atoms with E-state index in [4.69, 9.17) is 19.1 Å². The van der Waals surface area contributed by atoms with Gasteiger partial charge in [0.05, 0.1) is 32.0 Å². The standard InChI is InChI=1S/C17H18N4O4/c1-23-13-5-3-4-12(15(13)24-2)16-20-17(25-21-16)11-6-7-14(19-10-11)18-8-9-22/h3-7,10,22H,8-9H2,1-2H3,(H,18,19). The van der Waals surface area contributed by atoms with Gasteiger partial charge >= 0.3 is 0 Å². The van der Waals surface area contributed by atoms with Crippen LogP contribution >= 0.6 is 0 Å². The Morgan fingerprint density at radius 2 is 2.04 bits per heavy atom. The Balaban J connectivity index is 1.88. The van der Waals surface area contributed by atoms with Gasteiger partial charge in [-0.15, -0.1) is 0 Å². The summed E-state index contributed by atoms with van der Waals surface area (Å²) in [4.78, 5) is 8.65. The maximum atomic E-state index is 8.81. The molecule has 8 heteroatoms. The van der Waals surface area contributed by atoms with Gasteiger partial charge in [0.25, 0.3) is 5.89 Å². The predicted molar refractivity (Wildman–Crippen MR) is 91.6 cm³/mol. The van der Waals surface area contributed by atoms with Crippen molar-refractivity contribution < 1.29 is 19.1 Å². The quantitative estimate of drug-likeness (QED) is 0.674. The molecule has 3 rings (SSSR count). The van der Waals surface area contributed by atoms with Crippen LogP contribution in [0.3, 0.4) is 0 Å². The molecule has 0 radical (unpaired) electrons. The van der Waals surface area contributed by atoms with Crippen molar-refractivity contribution in [2.75, 3.05) is 32.7 Å². The molecular weight excluding hydrogens is 324 g/mol. The van der Waals surface area contributed by atoms with Gasteiger partial charge in [0.15, 0.2) is 11.5 Å². The predicted octanol–water partition coefficient (Wildman–Crippen LogP) is 2.22. The minimum atomic E-state index is 0.0405. The molecule has 25 heavy (non-hydrogen) atoms. The maximum Gasteiger partial charge on any atom is 0.259 e. The number of benzene rings is 1. The van der Waals surface area contributed by atoms with Crippen LogP contribution in [0.25, 0.3) is 22.8 Å². The first-order valence-electron chi connectivity index (χ1n) is 7.63. The van der Waals surface area contributed by atoms with Gasteiger partial charge in [0.1, 0.15) is 5.82 Å². The Labute approximate surface area is 144 Å². The van der Waals surface area contributed by atoms with Gasteiger partial charge in [-0.05, 0) is 24.3 Å². The Morgan fingerprint density at radius 3 is 2.72 bits per heavy atom. The van der Waals surface area contributed by atoms with Crippen molar-refractivity contribution in [2.45, 2.75) is 0 Å². The fourth-order valence-electron chi connectivity index (χ4n) is 2.32. The van der Waals surface area contributed by atoms with Crippen LogP contribution in [-0.4, -0.2) is 47.6 Å². The average molecular weight is 342 g/mol. The molecule has 0 bridgehead atoms. The minimum absolute atomic E-state index is 0.0405. The summed E-state index contributed by atoms with van der Waals surface area (Å²) in [5.74, 6) is 2.53. The van der Waals surface area contributed by atoms with E-state index in [1.807, 2.05) is 18.2 Å². The van der Waals surface area contributed by atoms with E-state index in [2.05, 4.69) is 20.4 Å². The zero-order valence-corrected chi connectivity index (χ0v) is 13.9. The Morgan fingerprint density at radius 1 is 1.16 bits per heavy atom. The van der Waals surface area contributed by atoms with Crippen LogP contribution in [0.15, 0.2) is 41.1 Å². The number of aromatic nitrogens is 3. The maximum absolute atomic E-state index is 8.81. The average Bonchev–Trinajstić information content (AvgIpc) is 3.16. The first-order valence-corrected chi connectivity index (χ1v) is 7.63. The van der Waals surface area contributed by atoms with Crippen LogP contribution in [0.5, 0.6) is 11.5 Å². The third kappa shape index (κ3) is 3.53. The number of anilines is 1. The first-order chi connectivity index (χ1) is 12.3. The van der Waals surface area contributed by atoms with Crippen molar-refractivity contribution in [3.63, 3.8) is 0 Å². The highest BCUT2D eigenvalue weighted by molar-refractivity contribution is 5.69. The van der Waals surface area contributed by atoms with Gasteiger partial charge in [-0.1, -0.05) is 11.2 Å². The number of nitrogens with zero attached hydrogens (tertiary/aromatic N) is 3. The van der Waals surface area contributed by atoms with E-state index in [1.54, 1.807) is 32.5 Å². The number of aliphatic hydroxyl groups is 1. The number of pyridine rings is 1. The number of para-hydroxylation sites is 1. The van der Waals surface area contributed by atoms with Crippen molar-refractivity contribution in [3.8, 4) is 34.3 Å². The highest BCUT2D eigenvalue weighted by atomic mass is 16.5. The van der Waals surface area contributed by atoms with Crippen LogP contribution in [0.4, 0.5) is 5.82 Å². The zero-order valence-electron chi connectivity index (χ0n) is 13.9. The minimum Gasteiger partial charge on any atom is -0.493 e. The summed E-state index contributed by atoms with van der Waals surface area (Å²) >= 11 is 0. The SMILES string of the molecule is COc1cccc(-c2noc(-c3ccc(NCCO)nc3)n2)c1OC. The lowest BCUT2D eigenvalue weighted by Gasteiger charge is -2.09. The van der Waals surface area contributed by atoms with E-state index < -0.39 is 0 Å². The molecule has 0 aliphatic heterocycles. The number of rotatable bonds is 7. The normalized spacial score (nSPS) is 10.5. The van der Waals surface area contributed by atoms with Gasteiger partial charge in [-0.2, -0.15) is 4.98 Å². The number of hydrogen-bond acceptors (Lipinski definition) is 8. The molecule has 3 aromatic rings. The van der Waals surface area contributed by atoms with Gasteiger partial charge in [-0.3, -0.25) is 0 Å². The summed E-state index contributed by atoms with van der Waals surface area (Å²) in [6.07, 6.45) is 1.62. The third-order valence-corrected chi connectivity index (χ3v) is 3.50. The second-order valence-corrected chi connectivity index (χ2v) is 5.05. The van der Waals surface area contributed by atoms with Crippen molar-refractivity contribution >= 4 is 5.82 Å². The Kier molecular flexibility index (Phi) is 5.10. The molecular formula is C17H18N4O4. The van der Waals surface area contributed by atoms with Crippen LogP contribution in [0.2, 0.25) is 0 Å². The molecule has 8 nitrogen and oxygen atoms in total. The topological polar surface area (TPSA) is 103 Å². The molecule has 130 valence electrons. The van der Waals surface area contributed by atoms with Crippen LogP contribution in [0, 0.1) is 0 Å². The fraction of sp³-hybridized carbons (Fsp3) is 0.235. The molecule has 0 spiro atoms. The Hall–Kier alpha value is -3.13. The van der Waals surface area contributed by atoms with Gasteiger partial charge < -0.3 is 24.4 Å². The second-order valence-electron chi connectivity index (χ2n) is 5.05. The summed E-state index contributed by atoms with van der Waals surface area (Å²) in [6.45, 7) is 0.478. The molecule has 2 heterocycles. The molecule has 0 aliphatic carbocycles. The Bertz CT molecular complexity index is 833. The molecule has 1 aromatic carbocycles. The van der Waals surface area contributed by atoms with Gasteiger partial charge in [0.2, 0.25) is 5.82 Å². The van der Waals surface area contributed by atoms with E-state index in [0.717, 1.165) is 0 Å². The molecule has 0 atom stereocenters. The van der Waals surface area contributed by atoms with Crippen molar-refractivity contribution in [1.82, 2.24) is 15.1 Å². The van der Waals surface area contributed by atoms with Crippen molar-refractivity contribution in [2.24, 2.45) is 0 Å². The lowest BCUT2D eigenvalue weighted by Crippen LogP contribution is -2.06. The zero-order chi connectivity index (χ0) is 17.6. The molecule has 0 unspecified atom stereocenters. The number of aliphatic hydroxyl groups excluding tert-OH is 1. The van der Waals surface area contributed by atoms with Crippen molar-refractivity contribution in [1.29, 1.82) is 0 Å². The summed E-state index contributed by atoms with van der Waals surface area (Å²) in [7, 11) is 3.13. The fourth-order valence-corrected chi connectivity index (χ4v) is 2.32. The molecule has 0 fully saturated rings. The van der Waals surface area contributed by atoms with E-state index in [9.17, 15) is 0 Å². The summed E-state index contributed by atoms with van der Waals surface area (Å²) in [5, 5.41) is 15.8. The third-order valence-electron chi connectivity index (χ3n) is 3.50. The van der Waals surface area contributed by atoms with Crippen LogP contribution in [0.1, 0.15) is 0 Å². The number of nitrogens with one attached hydrogen (secondary N) is 1. The molecule has 0 saturated carbocycles. The second kappa shape index (κ2) is 7.63. The highest BCUT2D eigenvalue weighted by Gasteiger charge is 2.17. The summed E-state index contributed by atoms with van der Waals surface area (Å²) in [5.41, 5.74) is 1.36. The van der Waals surface area contributed by atoms with Crippen LogP contribution in [-0.2, 0) is 0 Å². The number of hydrogen-bond donors (Lipinski definition) is 2. The van der Waals surface area contributed by atoms with E-state index in [1.165, 1.54) is 0 Å². The van der Waals surface area contributed by atoms with E-state index in [0.29, 0.717) is 46.7 Å². The smallest absolute Gasteiger partial charge is 0.259 e. The monoisotopic (exact) mass is 342 g/mol. The van der Waals surface area contributed by atoms with Crippen LogP contribution < -0.4 is 14.8 Å². The summed E-state index contributed by atoms with van der Waals surface area (Å²) < 4.78 is 16.0. The lowest BCUT2D eigenvalue weighted by molar-refractivity contribution is 0.311. The number of methoxy groups -OCH3 is 2. The lowest BCUT2D eigenvalue weighted by atomic mass is 10.1. The first kappa shape index (κ1) is 16.7. The van der Waals surface area contributed by atoms with E-state index in [-0.39, 0.29) is 6.61 Å². The molecule has 0 aliphatic rings. The molecule has 0 amide bonds. The van der Waals surface area contributed by atoms with Gasteiger partial charge in [0, 0.05) is 12.7 Å². The molecule has 2 aromatic heterocycles. The molecule has 0 saturated heterocycles. The van der Waals surface area contributed by atoms with Crippen molar-refractivity contribution in [3.05, 3.63) is 36.5 Å². The molecule has 2 N–H and O–H groups in total. The highest BCUT2D eigenvalue weighted by Crippen LogP contribution is 2.37. The number of ether oxygens (including phenoxy) is 2.